The van der Waals surface area contributed by atoms with Gasteiger partial charge in [-0.2, -0.15) is 0 Å². The molecule has 0 amide bonds. The van der Waals surface area contributed by atoms with E-state index in [4.69, 9.17) is 22.2 Å². The van der Waals surface area contributed by atoms with Crippen molar-refractivity contribution < 1.29 is 4.74 Å². The Kier molecular flexibility index (Phi) is 4.65. The quantitative estimate of drug-likeness (QED) is 0.669. The SMILES string of the molecule is COc1cc(C(NN)c2cc(C)ccc2C)ccc1Cl. The Morgan fingerprint density at radius 2 is 1.90 bits per heavy atom. The third-order valence-electron chi connectivity index (χ3n) is 3.42. The molecule has 0 aliphatic heterocycles. The summed E-state index contributed by atoms with van der Waals surface area (Å²) in [4.78, 5) is 0. The summed E-state index contributed by atoms with van der Waals surface area (Å²) < 4.78 is 5.27. The van der Waals surface area contributed by atoms with Crippen LogP contribution < -0.4 is 16.0 Å². The molecule has 0 saturated heterocycles. The molecular weight excluding hydrogens is 272 g/mol. The number of nitrogens with one attached hydrogen (secondary N) is 1. The normalized spacial score (nSPS) is 12.2. The smallest absolute Gasteiger partial charge is 0.137 e. The molecule has 0 radical (unpaired) electrons. The van der Waals surface area contributed by atoms with E-state index in [0.29, 0.717) is 10.8 Å². The number of rotatable bonds is 4. The molecule has 2 aromatic carbocycles. The van der Waals surface area contributed by atoms with E-state index in [9.17, 15) is 0 Å². The van der Waals surface area contributed by atoms with Crippen molar-refractivity contribution in [3.63, 3.8) is 0 Å². The van der Waals surface area contributed by atoms with E-state index < -0.39 is 0 Å². The number of hydrogen-bond donors (Lipinski definition) is 2. The number of ether oxygens (including phenoxy) is 1. The van der Waals surface area contributed by atoms with Crippen molar-refractivity contribution >= 4 is 11.6 Å². The topological polar surface area (TPSA) is 47.3 Å². The zero-order chi connectivity index (χ0) is 14.7. The van der Waals surface area contributed by atoms with Gasteiger partial charge in [-0.15, -0.1) is 0 Å². The average Bonchev–Trinajstić information content (AvgIpc) is 2.45. The molecule has 2 aromatic rings. The van der Waals surface area contributed by atoms with Crippen LogP contribution in [0, 0.1) is 13.8 Å². The summed E-state index contributed by atoms with van der Waals surface area (Å²) in [6, 6.07) is 11.9. The lowest BCUT2D eigenvalue weighted by Crippen LogP contribution is -2.29. The third-order valence-corrected chi connectivity index (χ3v) is 3.73. The number of benzene rings is 2. The van der Waals surface area contributed by atoms with Crippen molar-refractivity contribution in [2.75, 3.05) is 7.11 Å². The highest BCUT2D eigenvalue weighted by Gasteiger charge is 2.16. The van der Waals surface area contributed by atoms with Crippen molar-refractivity contribution in [2.24, 2.45) is 5.84 Å². The molecule has 0 saturated carbocycles. The first-order chi connectivity index (χ1) is 9.56. The van der Waals surface area contributed by atoms with Crippen LogP contribution in [0.5, 0.6) is 5.75 Å². The monoisotopic (exact) mass is 290 g/mol. The standard InChI is InChI=1S/C16H19ClN2O/c1-10-4-5-11(2)13(8-10)16(19-18)12-6-7-14(17)15(9-12)20-3/h4-9,16,19H,18H2,1-3H3. The van der Waals surface area contributed by atoms with Crippen LogP contribution in [0.15, 0.2) is 36.4 Å². The van der Waals surface area contributed by atoms with Gasteiger partial charge in [0.2, 0.25) is 0 Å². The second kappa shape index (κ2) is 6.27. The molecule has 3 N–H and O–H groups in total. The van der Waals surface area contributed by atoms with Gasteiger partial charge in [0.25, 0.3) is 0 Å². The van der Waals surface area contributed by atoms with Crippen LogP contribution >= 0.6 is 11.6 Å². The number of nitrogens with two attached hydrogens (primary N) is 1. The van der Waals surface area contributed by atoms with Crippen LogP contribution in [0.4, 0.5) is 0 Å². The first kappa shape index (κ1) is 14.9. The molecular formula is C16H19ClN2O. The van der Waals surface area contributed by atoms with E-state index in [0.717, 1.165) is 11.1 Å². The van der Waals surface area contributed by atoms with Gasteiger partial charge >= 0.3 is 0 Å². The first-order valence-electron chi connectivity index (χ1n) is 6.43. The van der Waals surface area contributed by atoms with Crippen LogP contribution in [0.25, 0.3) is 0 Å². The molecule has 3 nitrogen and oxygen atoms in total. The number of hydrogen-bond acceptors (Lipinski definition) is 3. The van der Waals surface area contributed by atoms with Gasteiger partial charge in [-0.1, -0.05) is 41.4 Å². The molecule has 1 atom stereocenters. The molecule has 0 fully saturated rings. The molecule has 0 aliphatic carbocycles. The summed E-state index contributed by atoms with van der Waals surface area (Å²) in [6.07, 6.45) is 0. The van der Waals surface area contributed by atoms with Gasteiger partial charge in [0.15, 0.2) is 0 Å². The molecule has 4 heteroatoms. The lowest BCUT2D eigenvalue weighted by molar-refractivity contribution is 0.414. The lowest BCUT2D eigenvalue weighted by atomic mass is 9.94. The van der Waals surface area contributed by atoms with Crippen molar-refractivity contribution in [1.82, 2.24) is 5.43 Å². The molecule has 20 heavy (non-hydrogen) atoms. The Morgan fingerprint density at radius 3 is 2.55 bits per heavy atom. The number of methoxy groups -OCH3 is 1. The lowest BCUT2D eigenvalue weighted by Gasteiger charge is -2.20. The van der Waals surface area contributed by atoms with Gasteiger partial charge < -0.3 is 4.74 Å². The second-order valence-electron chi connectivity index (χ2n) is 4.85. The van der Waals surface area contributed by atoms with E-state index in [1.807, 2.05) is 18.2 Å². The number of hydrazine groups is 1. The van der Waals surface area contributed by atoms with Gasteiger partial charge in [-0.05, 0) is 42.7 Å². The fourth-order valence-corrected chi connectivity index (χ4v) is 2.49. The molecule has 1 unspecified atom stereocenters. The van der Waals surface area contributed by atoms with E-state index in [1.165, 1.54) is 11.1 Å². The van der Waals surface area contributed by atoms with Crippen molar-refractivity contribution in [3.8, 4) is 5.75 Å². The van der Waals surface area contributed by atoms with Gasteiger partial charge in [-0.25, -0.2) is 5.43 Å². The second-order valence-corrected chi connectivity index (χ2v) is 5.26. The summed E-state index contributed by atoms with van der Waals surface area (Å²) in [5.74, 6) is 6.41. The van der Waals surface area contributed by atoms with E-state index in [-0.39, 0.29) is 6.04 Å². The van der Waals surface area contributed by atoms with Crippen LogP contribution in [0.2, 0.25) is 5.02 Å². The van der Waals surface area contributed by atoms with Crippen LogP contribution in [-0.2, 0) is 0 Å². The Hall–Kier alpha value is -1.55. The van der Waals surface area contributed by atoms with Crippen LogP contribution in [0.3, 0.4) is 0 Å². The molecule has 0 aromatic heterocycles. The van der Waals surface area contributed by atoms with Gasteiger partial charge in [0.05, 0.1) is 18.2 Å². The zero-order valence-electron chi connectivity index (χ0n) is 11.9. The molecule has 0 aliphatic rings. The summed E-state index contributed by atoms with van der Waals surface area (Å²) in [5, 5.41) is 0.591. The summed E-state index contributed by atoms with van der Waals surface area (Å²) in [6.45, 7) is 4.14. The van der Waals surface area contributed by atoms with Crippen LogP contribution in [-0.4, -0.2) is 7.11 Å². The highest BCUT2D eigenvalue weighted by Crippen LogP contribution is 2.31. The van der Waals surface area contributed by atoms with Crippen LogP contribution in [0.1, 0.15) is 28.3 Å². The minimum Gasteiger partial charge on any atom is -0.495 e. The largest absolute Gasteiger partial charge is 0.495 e. The third kappa shape index (κ3) is 2.96. The highest BCUT2D eigenvalue weighted by molar-refractivity contribution is 6.32. The zero-order valence-corrected chi connectivity index (χ0v) is 12.7. The van der Waals surface area contributed by atoms with E-state index >= 15 is 0 Å². The number of aryl methyl sites for hydroxylation is 2. The fourth-order valence-electron chi connectivity index (χ4n) is 2.29. The average molecular weight is 291 g/mol. The molecule has 106 valence electrons. The summed E-state index contributed by atoms with van der Waals surface area (Å²) in [7, 11) is 1.60. The summed E-state index contributed by atoms with van der Waals surface area (Å²) >= 11 is 6.07. The molecule has 0 spiro atoms. The van der Waals surface area contributed by atoms with Gasteiger partial charge in [0, 0.05) is 0 Å². The maximum atomic E-state index is 6.07. The first-order valence-corrected chi connectivity index (χ1v) is 6.81. The predicted octanol–water partition coefficient (Wildman–Crippen LogP) is 3.52. The van der Waals surface area contributed by atoms with E-state index in [1.54, 1.807) is 7.11 Å². The number of halogens is 1. The van der Waals surface area contributed by atoms with Crippen molar-refractivity contribution in [3.05, 3.63) is 63.7 Å². The minimum absolute atomic E-state index is 0.0962. The summed E-state index contributed by atoms with van der Waals surface area (Å²) in [5.41, 5.74) is 7.43. The maximum Gasteiger partial charge on any atom is 0.137 e. The maximum absolute atomic E-state index is 6.07. The Morgan fingerprint density at radius 1 is 1.15 bits per heavy atom. The Labute approximate surface area is 124 Å². The molecule has 0 bridgehead atoms. The Balaban J connectivity index is 2.49. The van der Waals surface area contributed by atoms with Crippen molar-refractivity contribution in [2.45, 2.75) is 19.9 Å². The predicted molar refractivity (Wildman–Crippen MR) is 83.1 cm³/mol. The van der Waals surface area contributed by atoms with Gasteiger partial charge in [-0.3, -0.25) is 5.84 Å². The molecule has 2 rings (SSSR count). The Bertz CT molecular complexity index is 613. The van der Waals surface area contributed by atoms with Crippen molar-refractivity contribution in [1.29, 1.82) is 0 Å². The van der Waals surface area contributed by atoms with Gasteiger partial charge in [0.1, 0.15) is 5.75 Å². The van der Waals surface area contributed by atoms with E-state index in [2.05, 4.69) is 37.5 Å². The minimum atomic E-state index is -0.0962. The highest BCUT2D eigenvalue weighted by atomic mass is 35.5. The molecule has 0 heterocycles. The fraction of sp³-hybridized carbons (Fsp3) is 0.250.